The molecule has 5 heteroatoms. The van der Waals surface area contributed by atoms with Crippen LogP contribution in [0, 0.1) is 5.92 Å². The first-order chi connectivity index (χ1) is 10.7. The number of nitrogens with one attached hydrogen (secondary N) is 1. The van der Waals surface area contributed by atoms with Crippen molar-refractivity contribution in [1.29, 1.82) is 0 Å². The van der Waals surface area contributed by atoms with E-state index in [1.54, 1.807) is 11.9 Å². The van der Waals surface area contributed by atoms with Crippen LogP contribution in [0.3, 0.4) is 0 Å². The van der Waals surface area contributed by atoms with E-state index >= 15 is 0 Å². The third-order valence-electron chi connectivity index (χ3n) is 3.85. The third-order valence-corrected chi connectivity index (χ3v) is 3.85. The Morgan fingerprint density at radius 2 is 2.09 bits per heavy atom. The monoisotopic (exact) mass is 304 g/mol. The molecule has 1 saturated heterocycles. The zero-order valence-corrected chi connectivity index (χ0v) is 13.1. The Labute approximate surface area is 131 Å². The van der Waals surface area contributed by atoms with E-state index in [2.05, 4.69) is 17.4 Å². The maximum atomic E-state index is 11.9. The molecule has 2 amide bonds. The molecule has 22 heavy (non-hydrogen) atoms. The van der Waals surface area contributed by atoms with Crippen molar-refractivity contribution in [3.63, 3.8) is 0 Å². The van der Waals surface area contributed by atoms with E-state index in [9.17, 15) is 9.59 Å². The maximum Gasteiger partial charge on any atom is 0.225 e. The number of amides is 2. The van der Waals surface area contributed by atoms with Crippen molar-refractivity contribution in [1.82, 2.24) is 10.2 Å². The first-order valence-electron chi connectivity index (χ1n) is 7.80. The molecular weight excluding hydrogens is 280 g/mol. The average Bonchev–Trinajstić information content (AvgIpc) is 2.87. The van der Waals surface area contributed by atoms with Gasteiger partial charge in [0, 0.05) is 33.2 Å². The molecule has 1 aliphatic heterocycles. The highest BCUT2D eigenvalue weighted by Crippen LogP contribution is 2.15. The second-order valence-corrected chi connectivity index (χ2v) is 5.67. The molecule has 1 aliphatic rings. The molecule has 0 radical (unpaired) electrons. The smallest absolute Gasteiger partial charge is 0.225 e. The van der Waals surface area contributed by atoms with Crippen molar-refractivity contribution in [2.75, 3.05) is 33.4 Å². The zero-order chi connectivity index (χ0) is 15.8. The average molecular weight is 304 g/mol. The number of carbonyl (C=O) groups excluding carboxylic acids is 2. The minimum absolute atomic E-state index is 0.0259. The summed E-state index contributed by atoms with van der Waals surface area (Å²) >= 11 is 0. The van der Waals surface area contributed by atoms with Crippen LogP contribution in [0.4, 0.5) is 0 Å². The second kappa shape index (κ2) is 8.54. The predicted molar refractivity (Wildman–Crippen MR) is 84.3 cm³/mol. The van der Waals surface area contributed by atoms with Gasteiger partial charge in [-0.25, -0.2) is 0 Å². The van der Waals surface area contributed by atoms with Crippen LogP contribution in [0.5, 0.6) is 0 Å². The normalized spacial score (nSPS) is 17.8. The Kier molecular flexibility index (Phi) is 6.40. The van der Waals surface area contributed by atoms with Gasteiger partial charge >= 0.3 is 0 Å². The molecule has 5 nitrogen and oxygen atoms in total. The standard InChI is InChI=1S/C17H24N2O3/c1-19-13-15(12-16(19)20)17(21)18-9-5-10-22-11-8-14-6-3-2-4-7-14/h2-4,6-7,15H,5,8-13H2,1H3,(H,18,21)/t15-/m1/s1. The van der Waals surface area contributed by atoms with Gasteiger partial charge in [0.15, 0.2) is 0 Å². The van der Waals surface area contributed by atoms with Gasteiger partial charge in [0.1, 0.15) is 0 Å². The fourth-order valence-electron chi connectivity index (χ4n) is 2.51. The summed E-state index contributed by atoms with van der Waals surface area (Å²) in [6.07, 6.45) is 2.02. The molecule has 1 fully saturated rings. The minimum atomic E-state index is -0.198. The Balaban J connectivity index is 1.49. The van der Waals surface area contributed by atoms with E-state index in [1.165, 1.54) is 5.56 Å². The van der Waals surface area contributed by atoms with Crippen LogP contribution in [-0.2, 0) is 20.7 Å². The summed E-state index contributed by atoms with van der Waals surface area (Å²) in [4.78, 5) is 24.9. The van der Waals surface area contributed by atoms with E-state index < -0.39 is 0 Å². The van der Waals surface area contributed by atoms with Gasteiger partial charge in [0.2, 0.25) is 11.8 Å². The van der Waals surface area contributed by atoms with Crippen LogP contribution in [0.1, 0.15) is 18.4 Å². The maximum absolute atomic E-state index is 11.9. The summed E-state index contributed by atoms with van der Waals surface area (Å²) in [5.74, 6) is -0.178. The molecule has 0 spiro atoms. The molecular formula is C17H24N2O3. The van der Waals surface area contributed by atoms with Crippen molar-refractivity contribution in [2.24, 2.45) is 5.92 Å². The van der Waals surface area contributed by atoms with Gasteiger partial charge in [0.05, 0.1) is 12.5 Å². The zero-order valence-electron chi connectivity index (χ0n) is 13.1. The van der Waals surface area contributed by atoms with E-state index in [1.807, 2.05) is 18.2 Å². The summed E-state index contributed by atoms with van der Waals surface area (Å²) < 4.78 is 5.57. The lowest BCUT2D eigenvalue weighted by Crippen LogP contribution is -2.33. The van der Waals surface area contributed by atoms with Crippen molar-refractivity contribution in [3.05, 3.63) is 35.9 Å². The Morgan fingerprint density at radius 1 is 1.32 bits per heavy atom. The lowest BCUT2D eigenvalue weighted by atomic mass is 10.1. The molecule has 1 heterocycles. The van der Waals surface area contributed by atoms with Crippen LogP contribution in [0.15, 0.2) is 30.3 Å². The highest BCUT2D eigenvalue weighted by atomic mass is 16.5. The SMILES string of the molecule is CN1C[C@H](C(=O)NCCCOCCc2ccccc2)CC1=O. The van der Waals surface area contributed by atoms with Gasteiger partial charge < -0.3 is 15.0 Å². The first-order valence-corrected chi connectivity index (χ1v) is 7.80. The fraction of sp³-hybridized carbons (Fsp3) is 0.529. The number of hydrogen-bond donors (Lipinski definition) is 1. The Morgan fingerprint density at radius 3 is 2.77 bits per heavy atom. The van der Waals surface area contributed by atoms with Crippen molar-refractivity contribution >= 4 is 11.8 Å². The van der Waals surface area contributed by atoms with Crippen molar-refractivity contribution < 1.29 is 14.3 Å². The van der Waals surface area contributed by atoms with Crippen molar-refractivity contribution in [3.8, 4) is 0 Å². The molecule has 2 rings (SSSR count). The molecule has 1 N–H and O–H groups in total. The molecule has 0 unspecified atom stereocenters. The van der Waals surface area contributed by atoms with Crippen molar-refractivity contribution in [2.45, 2.75) is 19.3 Å². The molecule has 1 aromatic carbocycles. The molecule has 1 aromatic rings. The first kappa shape index (κ1) is 16.5. The van der Waals surface area contributed by atoms with Gasteiger partial charge in [-0.15, -0.1) is 0 Å². The van der Waals surface area contributed by atoms with E-state index in [0.717, 1.165) is 12.8 Å². The van der Waals surface area contributed by atoms with E-state index in [-0.39, 0.29) is 17.7 Å². The van der Waals surface area contributed by atoms with E-state index in [4.69, 9.17) is 4.74 Å². The summed E-state index contributed by atoms with van der Waals surface area (Å²) in [6.45, 7) is 2.45. The minimum Gasteiger partial charge on any atom is -0.381 e. The lowest BCUT2D eigenvalue weighted by molar-refractivity contribution is -0.128. The number of rotatable bonds is 8. The summed E-state index contributed by atoms with van der Waals surface area (Å²) in [7, 11) is 1.73. The molecule has 0 aliphatic carbocycles. The number of benzene rings is 1. The Bertz CT molecular complexity index is 490. The molecule has 0 bridgehead atoms. The number of likely N-dealkylation sites (tertiary alicyclic amines) is 1. The lowest BCUT2D eigenvalue weighted by Gasteiger charge is -2.11. The quantitative estimate of drug-likeness (QED) is 0.735. The van der Waals surface area contributed by atoms with Gasteiger partial charge in [-0.05, 0) is 18.4 Å². The van der Waals surface area contributed by atoms with Crippen LogP contribution < -0.4 is 5.32 Å². The molecule has 0 aromatic heterocycles. The van der Waals surface area contributed by atoms with E-state index in [0.29, 0.717) is 32.7 Å². The number of ether oxygens (including phenoxy) is 1. The summed E-state index contributed by atoms with van der Waals surface area (Å²) in [5.41, 5.74) is 1.27. The van der Waals surface area contributed by atoms with Gasteiger partial charge in [0.25, 0.3) is 0 Å². The number of hydrogen-bond acceptors (Lipinski definition) is 3. The highest BCUT2D eigenvalue weighted by molar-refractivity contribution is 5.89. The molecule has 1 atom stereocenters. The molecule has 120 valence electrons. The summed E-state index contributed by atoms with van der Waals surface area (Å²) in [5, 5.41) is 2.88. The number of carbonyl (C=O) groups is 2. The summed E-state index contributed by atoms with van der Waals surface area (Å²) in [6, 6.07) is 10.2. The van der Waals surface area contributed by atoms with Gasteiger partial charge in [-0.3, -0.25) is 9.59 Å². The molecule has 0 saturated carbocycles. The predicted octanol–water partition coefficient (Wildman–Crippen LogP) is 1.23. The third kappa shape index (κ3) is 5.15. The number of nitrogens with zero attached hydrogens (tertiary/aromatic N) is 1. The van der Waals surface area contributed by atoms with Gasteiger partial charge in [-0.1, -0.05) is 30.3 Å². The van der Waals surface area contributed by atoms with Crippen LogP contribution in [-0.4, -0.2) is 50.1 Å². The second-order valence-electron chi connectivity index (χ2n) is 5.67. The Hall–Kier alpha value is -1.88. The largest absolute Gasteiger partial charge is 0.381 e. The van der Waals surface area contributed by atoms with Crippen LogP contribution in [0.25, 0.3) is 0 Å². The van der Waals surface area contributed by atoms with Crippen LogP contribution in [0.2, 0.25) is 0 Å². The van der Waals surface area contributed by atoms with Crippen LogP contribution >= 0.6 is 0 Å². The topological polar surface area (TPSA) is 58.6 Å². The highest BCUT2D eigenvalue weighted by Gasteiger charge is 2.31. The van der Waals surface area contributed by atoms with Gasteiger partial charge in [-0.2, -0.15) is 0 Å². The fourth-order valence-corrected chi connectivity index (χ4v) is 2.51.